The molecule has 0 radical (unpaired) electrons. The summed E-state index contributed by atoms with van der Waals surface area (Å²) in [6.45, 7) is 5.97. The van der Waals surface area contributed by atoms with E-state index in [0.29, 0.717) is 5.75 Å². The Hall–Kier alpha value is -1.12. The highest BCUT2D eigenvalue weighted by Crippen LogP contribution is 2.28. The highest BCUT2D eigenvalue weighted by atomic mass is 32.2. The summed E-state index contributed by atoms with van der Waals surface area (Å²) in [6.07, 6.45) is 1.12. The van der Waals surface area contributed by atoms with Crippen molar-refractivity contribution in [2.75, 3.05) is 25.1 Å². The van der Waals surface area contributed by atoms with Crippen molar-refractivity contribution < 1.29 is 21.0 Å². The van der Waals surface area contributed by atoms with Crippen LogP contribution in [0.5, 0.6) is 5.75 Å². The van der Waals surface area contributed by atoms with E-state index in [0.717, 1.165) is 22.9 Å². The monoisotopic (exact) mass is 347 g/mol. The second kappa shape index (κ2) is 5.82. The molecule has 8 heteroatoms. The van der Waals surface area contributed by atoms with Gasteiger partial charge >= 0.3 is 10.1 Å². The SMILES string of the molecule is Cc1ccc(C)c(OS(=O)(=O)CC2CN(S(C)(=O)=O)C2)c1C. The Balaban J connectivity index is 2.06. The molecule has 1 aromatic rings. The van der Waals surface area contributed by atoms with Gasteiger partial charge in [0.05, 0.1) is 12.0 Å². The number of benzene rings is 1. The van der Waals surface area contributed by atoms with Crippen molar-refractivity contribution in [3.8, 4) is 5.75 Å². The lowest BCUT2D eigenvalue weighted by Gasteiger charge is -2.36. The van der Waals surface area contributed by atoms with Crippen LogP contribution in [0.3, 0.4) is 0 Å². The largest absolute Gasteiger partial charge is 0.382 e. The molecule has 0 aliphatic carbocycles. The maximum absolute atomic E-state index is 12.2. The van der Waals surface area contributed by atoms with Crippen LogP contribution in [-0.4, -0.2) is 46.2 Å². The number of rotatable bonds is 5. The Morgan fingerprint density at radius 2 is 1.64 bits per heavy atom. The fourth-order valence-corrected chi connectivity index (χ4v) is 4.73. The van der Waals surface area contributed by atoms with Gasteiger partial charge in [0, 0.05) is 19.0 Å². The van der Waals surface area contributed by atoms with Crippen LogP contribution in [0.2, 0.25) is 0 Å². The van der Waals surface area contributed by atoms with Gasteiger partial charge in [-0.15, -0.1) is 0 Å². The van der Waals surface area contributed by atoms with Gasteiger partial charge in [0.15, 0.2) is 0 Å². The lowest BCUT2D eigenvalue weighted by molar-refractivity contribution is 0.219. The van der Waals surface area contributed by atoms with E-state index in [-0.39, 0.29) is 24.8 Å². The van der Waals surface area contributed by atoms with Crippen LogP contribution in [0.25, 0.3) is 0 Å². The summed E-state index contributed by atoms with van der Waals surface area (Å²) >= 11 is 0. The van der Waals surface area contributed by atoms with E-state index >= 15 is 0 Å². The first kappa shape index (κ1) is 17.2. The average Bonchev–Trinajstić information content (AvgIpc) is 2.32. The number of sulfonamides is 1. The van der Waals surface area contributed by atoms with E-state index in [1.807, 2.05) is 26.0 Å². The third-order valence-electron chi connectivity index (χ3n) is 3.92. The summed E-state index contributed by atoms with van der Waals surface area (Å²) in [5, 5.41) is 0. The molecule has 0 unspecified atom stereocenters. The normalized spacial score (nSPS) is 17.3. The summed E-state index contributed by atoms with van der Waals surface area (Å²) in [7, 11) is -6.98. The summed E-state index contributed by atoms with van der Waals surface area (Å²) in [6, 6.07) is 3.74. The second-order valence-corrected chi connectivity index (χ2v) is 9.50. The Labute approximate surface area is 132 Å². The van der Waals surface area contributed by atoms with Crippen molar-refractivity contribution in [3.05, 3.63) is 28.8 Å². The van der Waals surface area contributed by atoms with Gasteiger partial charge < -0.3 is 4.18 Å². The molecule has 22 heavy (non-hydrogen) atoms. The minimum atomic E-state index is -3.75. The maximum atomic E-state index is 12.2. The lowest BCUT2D eigenvalue weighted by Crippen LogP contribution is -2.52. The van der Waals surface area contributed by atoms with Gasteiger partial charge in [-0.1, -0.05) is 12.1 Å². The Morgan fingerprint density at radius 3 is 2.18 bits per heavy atom. The molecular weight excluding hydrogens is 326 g/mol. The molecule has 0 amide bonds. The van der Waals surface area contributed by atoms with Crippen LogP contribution in [0.4, 0.5) is 0 Å². The predicted octanol–water partition coefficient (Wildman–Crippen LogP) is 1.21. The molecule has 0 bridgehead atoms. The van der Waals surface area contributed by atoms with E-state index in [9.17, 15) is 16.8 Å². The van der Waals surface area contributed by atoms with E-state index in [1.165, 1.54) is 4.31 Å². The number of nitrogens with zero attached hydrogens (tertiary/aromatic N) is 1. The molecule has 6 nitrogen and oxygen atoms in total. The van der Waals surface area contributed by atoms with Gasteiger partial charge in [0.1, 0.15) is 5.75 Å². The molecule has 1 fully saturated rings. The van der Waals surface area contributed by atoms with Crippen LogP contribution < -0.4 is 4.18 Å². The third kappa shape index (κ3) is 3.80. The summed E-state index contributed by atoms with van der Waals surface area (Å²) in [5.74, 6) is -0.0179. The molecular formula is C14H21NO5S2. The number of aryl methyl sites for hydroxylation is 2. The van der Waals surface area contributed by atoms with Gasteiger partial charge in [-0.25, -0.2) is 12.7 Å². The molecule has 1 aliphatic rings. The van der Waals surface area contributed by atoms with E-state index in [2.05, 4.69) is 0 Å². The van der Waals surface area contributed by atoms with Crippen molar-refractivity contribution in [2.45, 2.75) is 20.8 Å². The Bertz CT molecular complexity index is 778. The second-order valence-electron chi connectivity index (χ2n) is 5.91. The smallest absolute Gasteiger partial charge is 0.309 e. The number of hydrogen-bond acceptors (Lipinski definition) is 5. The average molecular weight is 347 g/mol. The van der Waals surface area contributed by atoms with Gasteiger partial charge in [0.2, 0.25) is 10.0 Å². The zero-order valence-electron chi connectivity index (χ0n) is 13.2. The third-order valence-corrected chi connectivity index (χ3v) is 6.45. The topological polar surface area (TPSA) is 80.8 Å². The molecule has 0 aromatic heterocycles. The first-order valence-corrected chi connectivity index (χ1v) is 10.4. The Morgan fingerprint density at radius 1 is 1.09 bits per heavy atom. The molecule has 1 aromatic carbocycles. The van der Waals surface area contributed by atoms with Crippen molar-refractivity contribution >= 4 is 20.1 Å². The van der Waals surface area contributed by atoms with Crippen molar-refractivity contribution in [2.24, 2.45) is 5.92 Å². The molecule has 1 aliphatic heterocycles. The zero-order chi connectivity index (χ0) is 16.7. The summed E-state index contributed by atoms with van der Waals surface area (Å²) < 4.78 is 53.5. The van der Waals surface area contributed by atoms with Gasteiger partial charge in [-0.3, -0.25) is 0 Å². The van der Waals surface area contributed by atoms with Gasteiger partial charge in [0.25, 0.3) is 0 Å². The van der Waals surface area contributed by atoms with E-state index in [1.54, 1.807) is 6.92 Å². The van der Waals surface area contributed by atoms with Gasteiger partial charge in [-0.2, -0.15) is 8.42 Å². The van der Waals surface area contributed by atoms with Gasteiger partial charge in [-0.05, 0) is 37.5 Å². The molecule has 124 valence electrons. The molecule has 0 N–H and O–H groups in total. The maximum Gasteiger partial charge on any atom is 0.309 e. The van der Waals surface area contributed by atoms with Crippen LogP contribution >= 0.6 is 0 Å². The zero-order valence-corrected chi connectivity index (χ0v) is 14.8. The first-order valence-electron chi connectivity index (χ1n) is 6.93. The number of hydrogen-bond donors (Lipinski definition) is 0. The quantitative estimate of drug-likeness (QED) is 0.748. The molecule has 2 rings (SSSR count). The molecule has 0 atom stereocenters. The fourth-order valence-electron chi connectivity index (χ4n) is 2.40. The first-order chi connectivity index (χ1) is 9.99. The fraction of sp³-hybridized carbons (Fsp3) is 0.571. The summed E-state index contributed by atoms with van der Waals surface area (Å²) in [5.41, 5.74) is 2.52. The van der Waals surface area contributed by atoms with Crippen LogP contribution in [0.1, 0.15) is 16.7 Å². The molecule has 1 saturated heterocycles. The summed E-state index contributed by atoms with van der Waals surface area (Å²) in [4.78, 5) is 0. The van der Waals surface area contributed by atoms with Crippen LogP contribution in [-0.2, 0) is 20.1 Å². The van der Waals surface area contributed by atoms with Crippen LogP contribution in [0.15, 0.2) is 12.1 Å². The highest BCUT2D eigenvalue weighted by molar-refractivity contribution is 7.88. The molecule has 0 spiro atoms. The Kier molecular flexibility index (Phi) is 4.56. The van der Waals surface area contributed by atoms with E-state index in [4.69, 9.17) is 4.18 Å². The molecule has 1 heterocycles. The van der Waals surface area contributed by atoms with Crippen molar-refractivity contribution in [1.29, 1.82) is 0 Å². The minimum absolute atomic E-state index is 0.175. The minimum Gasteiger partial charge on any atom is -0.382 e. The molecule has 0 saturated carbocycles. The highest BCUT2D eigenvalue weighted by Gasteiger charge is 2.36. The van der Waals surface area contributed by atoms with Crippen LogP contribution in [0, 0.1) is 26.7 Å². The van der Waals surface area contributed by atoms with Crippen molar-refractivity contribution in [1.82, 2.24) is 4.31 Å². The van der Waals surface area contributed by atoms with Crippen molar-refractivity contribution in [3.63, 3.8) is 0 Å². The lowest BCUT2D eigenvalue weighted by atomic mass is 10.1. The predicted molar refractivity (Wildman–Crippen MR) is 85.0 cm³/mol. The van der Waals surface area contributed by atoms with E-state index < -0.39 is 20.1 Å². The standard InChI is InChI=1S/C14H21NO5S2/c1-10-5-6-11(2)14(12(10)3)20-22(18,19)9-13-7-15(8-13)21(4,16)17/h5-6,13H,7-9H2,1-4H3.